The zero-order valence-corrected chi connectivity index (χ0v) is 13.8. The molecule has 2 aromatic heterocycles. The van der Waals surface area contributed by atoms with Crippen molar-refractivity contribution in [3.05, 3.63) is 46.6 Å². The Kier molecular flexibility index (Phi) is 4.13. The number of amides is 2. The van der Waals surface area contributed by atoms with Crippen LogP contribution < -0.4 is 15.8 Å². The molecule has 0 radical (unpaired) electrons. The van der Waals surface area contributed by atoms with E-state index in [4.69, 9.17) is 10.5 Å². The number of hydrogen-bond acceptors (Lipinski definition) is 6. The van der Waals surface area contributed by atoms with Crippen LogP contribution in [0.5, 0.6) is 5.75 Å². The summed E-state index contributed by atoms with van der Waals surface area (Å²) in [5.74, 6) is -0.413. The average Bonchev–Trinajstić information content (AvgIpc) is 2.94. The van der Waals surface area contributed by atoms with E-state index in [0.29, 0.717) is 27.2 Å². The lowest BCUT2D eigenvalue weighted by molar-refractivity contribution is 0.100. The molecular weight excluding hydrogens is 328 g/mol. The zero-order chi connectivity index (χ0) is 17.3. The first kappa shape index (κ1) is 15.9. The Morgan fingerprint density at radius 2 is 2.00 bits per heavy atom. The summed E-state index contributed by atoms with van der Waals surface area (Å²) in [4.78, 5) is 33.4. The second-order valence-corrected chi connectivity index (χ2v) is 5.97. The molecule has 3 rings (SSSR count). The molecule has 0 aliphatic heterocycles. The second kappa shape index (κ2) is 6.25. The third-order valence-electron chi connectivity index (χ3n) is 3.54. The van der Waals surface area contributed by atoms with Crippen LogP contribution in [0.4, 0.5) is 5.69 Å². The van der Waals surface area contributed by atoms with Crippen molar-refractivity contribution in [1.82, 2.24) is 9.97 Å². The van der Waals surface area contributed by atoms with Gasteiger partial charge in [0.1, 0.15) is 21.0 Å². The molecular formula is C16H14N4O3S. The molecule has 0 atom stereocenters. The van der Waals surface area contributed by atoms with Crippen LogP contribution in [0.15, 0.2) is 30.6 Å². The Morgan fingerprint density at radius 3 is 2.71 bits per heavy atom. The monoisotopic (exact) mass is 342 g/mol. The van der Waals surface area contributed by atoms with E-state index in [1.54, 1.807) is 25.1 Å². The van der Waals surface area contributed by atoms with Crippen LogP contribution in [0.1, 0.15) is 25.6 Å². The van der Waals surface area contributed by atoms with Crippen LogP contribution in [0.25, 0.3) is 10.3 Å². The zero-order valence-electron chi connectivity index (χ0n) is 13.0. The summed E-state index contributed by atoms with van der Waals surface area (Å²) in [6, 6.07) is 5.17. The fourth-order valence-corrected chi connectivity index (χ4v) is 3.29. The number of methoxy groups -OCH3 is 1. The average molecular weight is 342 g/mol. The van der Waals surface area contributed by atoms with Gasteiger partial charge in [-0.1, -0.05) is 6.07 Å². The molecule has 0 saturated heterocycles. The number of ether oxygens (including phenoxy) is 1. The number of rotatable bonds is 4. The smallest absolute Gasteiger partial charge is 0.261 e. The second-order valence-electron chi connectivity index (χ2n) is 4.97. The molecule has 8 heteroatoms. The number of carbonyl (C=O) groups excluding carboxylic acids is 2. The number of benzene rings is 1. The molecule has 122 valence electrons. The van der Waals surface area contributed by atoms with Gasteiger partial charge in [0.25, 0.3) is 11.8 Å². The van der Waals surface area contributed by atoms with Crippen LogP contribution in [0.3, 0.4) is 0 Å². The van der Waals surface area contributed by atoms with Gasteiger partial charge < -0.3 is 15.8 Å². The van der Waals surface area contributed by atoms with Gasteiger partial charge in [-0.05, 0) is 19.1 Å². The van der Waals surface area contributed by atoms with Gasteiger partial charge in [-0.3, -0.25) is 9.59 Å². The van der Waals surface area contributed by atoms with Crippen LogP contribution >= 0.6 is 11.3 Å². The summed E-state index contributed by atoms with van der Waals surface area (Å²) in [6.07, 6.45) is 3.01. The first-order valence-electron chi connectivity index (χ1n) is 7.01. The maximum Gasteiger partial charge on any atom is 0.261 e. The number of hydrogen-bond donors (Lipinski definition) is 2. The molecule has 0 aliphatic carbocycles. The lowest BCUT2D eigenvalue weighted by Crippen LogP contribution is -2.17. The van der Waals surface area contributed by atoms with E-state index in [0.717, 1.165) is 11.3 Å². The number of anilines is 1. The predicted octanol–water partition coefficient (Wildman–Crippen LogP) is 2.36. The molecule has 0 aliphatic rings. The van der Waals surface area contributed by atoms with E-state index in [1.807, 2.05) is 0 Å². The van der Waals surface area contributed by atoms with E-state index >= 15 is 0 Å². The molecule has 2 heterocycles. The minimum absolute atomic E-state index is 0.213. The third-order valence-corrected chi connectivity index (χ3v) is 4.64. The van der Waals surface area contributed by atoms with Gasteiger partial charge in [-0.2, -0.15) is 0 Å². The normalized spacial score (nSPS) is 10.6. The van der Waals surface area contributed by atoms with Gasteiger partial charge in [0.15, 0.2) is 0 Å². The van der Waals surface area contributed by atoms with Crippen molar-refractivity contribution >= 4 is 39.2 Å². The summed E-state index contributed by atoms with van der Waals surface area (Å²) in [5, 5.41) is 2.74. The van der Waals surface area contributed by atoms with E-state index < -0.39 is 5.91 Å². The number of primary amides is 1. The minimum Gasteiger partial charge on any atom is -0.496 e. The van der Waals surface area contributed by atoms with E-state index in [9.17, 15) is 9.59 Å². The van der Waals surface area contributed by atoms with Crippen molar-refractivity contribution < 1.29 is 14.3 Å². The topological polar surface area (TPSA) is 107 Å². The van der Waals surface area contributed by atoms with E-state index in [1.165, 1.54) is 19.5 Å². The molecule has 3 N–H and O–H groups in total. The lowest BCUT2D eigenvalue weighted by atomic mass is 10.1. The number of thiophene rings is 1. The highest BCUT2D eigenvalue weighted by Crippen LogP contribution is 2.33. The van der Waals surface area contributed by atoms with Crippen molar-refractivity contribution in [2.45, 2.75) is 6.92 Å². The molecule has 7 nitrogen and oxygen atoms in total. The Balaban J connectivity index is 2.05. The number of nitrogens with zero attached hydrogens (tertiary/aromatic N) is 2. The summed E-state index contributed by atoms with van der Waals surface area (Å²) < 4.78 is 5.23. The first-order valence-corrected chi connectivity index (χ1v) is 7.83. The Hall–Kier alpha value is -3.00. The van der Waals surface area contributed by atoms with E-state index in [2.05, 4.69) is 15.3 Å². The van der Waals surface area contributed by atoms with Gasteiger partial charge in [0.2, 0.25) is 0 Å². The van der Waals surface area contributed by atoms with Crippen molar-refractivity contribution in [3.63, 3.8) is 0 Å². The molecule has 2 amide bonds. The van der Waals surface area contributed by atoms with Crippen molar-refractivity contribution in [1.29, 1.82) is 0 Å². The molecule has 1 aromatic carbocycles. The van der Waals surface area contributed by atoms with Gasteiger partial charge in [0, 0.05) is 23.5 Å². The maximum absolute atomic E-state index is 12.7. The van der Waals surface area contributed by atoms with Crippen molar-refractivity contribution in [2.75, 3.05) is 12.4 Å². The Labute approximate surface area is 141 Å². The standard InChI is InChI=1S/C16H14N4O3S/c1-8-9(4-3-5-10(8)23-2)15(22)20-11-12-16(19-7-6-18-12)24-13(11)14(17)21/h3-7H,1-2H3,(H2,17,21)(H,20,22). The van der Waals surface area contributed by atoms with Gasteiger partial charge in [-0.25, -0.2) is 9.97 Å². The summed E-state index contributed by atoms with van der Waals surface area (Å²) in [5.41, 5.74) is 7.26. The van der Waals surface area contributed by atoms with E-state index in [-0.39, 0.29) is 16.5 Å². The SMILES string of the molecule is COc1cccc(C(=O)Nc2c(C(N)=O)sc3nccnc23)c1C. The van der Waals surface area contributed by atoms with Crippen molar-refractivity contribution in [3.8, 4) is 5.75 Å². The molecule has 0 unspecified atom stereocenters. The quantitative estimate of drug-likeness (QED) is 0.757. The first-order chi connectivity index (χ1) is 11.5. The highest BCUT2D eigenvalue weighted by Gasteiger charge is 2.21. The lowest BCUT2D eigenvalue weighted by Gasteiger charge is -2.10. The highest BCUT2D eigenvalue weighted by molar-refractivity contribution is 7.21. The molecule has 0 spiro atoms. The maximum atomic E-state index is 12.7. The summed E-state index contributed by atoms with van der Waals surface area (Å²) >= 11 is 1.09. The van der Waals surface area contributed by atoms with Gasteiger partial charge >= 0.3 is 0 Å². The molecule has 0 saturated carbocycles. The molecule has 0 bridgehead atoms. The number of fused-ring (bicyclic) bond motifs is 1. The largest absolute Gasteiger partial charge is 0.496 e. The Morgan fingerprint density at radius 1 is 1.25 bits per heavy atom. The number of aromatic nitrogens is 2. The molecule has 3 aromatic rings. The predicted molar refractivity (Wildman–Crippen MR) is 91.6 cm³/mol. The van der Waals surface area contributed by atoms with Crippen LogP contribution in [0, 0.1) is 6.92 Å². The van der Waals surface area contributed by atoms with Crippen molar-refractivity contribution in [2.24, 2.45) is 5.73 Å². The molecule has 24 heavy (non-hydrogen) atoms. The summed E-state index contributed by atoms with van der Waals surface area (Å²) in [7, 11) is 1.54. The highest BCUT2D eigenvalue weighted by atomic mass is 32.1. The Bertz CT molecular complexity index is 952. The van der Waals surface area contributed by atoms with Crippen LogP contribution in [0.2, 0.25) is 0 Å². The molecule has 0 fully saturated rings. The number of carbonyl (C=O) groups is 2. The third kappa shape index (κ3) is 2.67. The summed E-state index contributed by atoms with van der Waals surface area (Å²) in [6.45, 7) is 1.79. The van der Waals surface area contributed by atoms with Gasteiger partial charge in [0.05, 0.1) is 12.8 Å². The van der Waals surface area contributed by atoms with Crippen LogP contribution in [-0.4, -0.2) is 28.9 Å². The fraction of sp³-hybridized carbons (Fsp3) is 0.125. The number of nitrogens with one attached hydrogen (secondary N) is 1. The number of nitrogens with two attached hydrogens (primary N) is 1. The van der Waals surface area contributed by atoms with Crippen LogP contribution in [-0.2, 0) is 0 Å². The minimum atomic E-state index is -0.641. The fourth-order valence-electron chi connectivity index (χ4n) is 2.38. The van der Waals surface area contributed by atoms with Gasteiger partial charge in [-0.15, -0.1) is 11.3 Å².